The zero-order valence-corrected chi connectivity index (χ0v) is 11.4. The Balaban J connectivity index is 2.94. The summed E-state index contributed by atoms with van der Waals surface area (Å²) in [5.74, 6) is 0. The molecule has 0 aromatic heterocycles. The summed E-state index contributed by atoms with van der Waals surface area (Å²) in [7, 11) is 0. The van der Waals surface area contributed by atoms with Crippen LogP contribution in [0.3, 0.4) is 0 Å². The first-order valence-corrected chi connectivity index (χ1v) is 6.18. The maximum absolute atomic E-state index is 10.8. The Labute approximate surface area is 116 Å². The zero-order chi connectivity index (χ0) is 15.3. The molecule has 2 unspecified atom stereocenters. The Morgan fingerprint density at radius 3 is 2.05 bits per heavy atom. The standard InChI is InChI=1S/C12H18N4O4/c1-9(15(17)18)7-14(8-10(2)16(19)20)12-5-3-4-11(13)6-12/h3-6,9-10H,7-8,13H2,1-2H3. The molecule has 20 heavy (non-hydrogen) atoms. The van der Waals surface area contributed by atoms with E-state index in [1.54, 1.807) is 29.2 Å². The van der Waals surface area contributed by atoms with E-state index in [0.29, 0.717) is 11.4 Å². The van der Waals surface area contributed by atoms with Crippen molar-refractivity contribution in [1.82, 2.24) is 0 Å². The number of nitrogens with zero attached hydrogens (tertiary/aromatic N) is 3. The Bertz CT molecular complexity index is 472. The Hall–Kier alpha value is -2.38. The van der Waals surface area contributed by atoms with Gasteiger partial charge < -0.3 is 10.6 Å². The number of benzene rings is 1. The fourth-order valence-electron chi connectivity index (χ4n) is 1.78. The van der Waals surface area contributed by atoms with E-state index in [2.05, 4.69) is 0 Å². The van der Waals surface area contributed by atoms with Gasteiger partial charge in [0.2, 0.25) is 12.1 Å². The van der Waals surface area contributed by atoms with E-state index in [0.717, 1.165) is 0 Å². The maximum Gasteiger partial charge on any atom is 0.227 e. The highest BCUT2D eigenvalue weighted by atomic mass is 16.6. The fraction of sp³-hybridized carbons (Fsp3) is 0.500. The first-order chi connectivity index (χ1) is 9.31. The molecule has 0 fully saturated rings. The third-order valence-corrected chi connectivity index (χ3v) is 2.92. The van der Waals surface area contributed by atoms with E-state index in [9.17, 15) is 20.2 Å². The van der Waals surface area contributed by atoms with Crippen LogP contribution in [0.1, 0.15) is 13.8 Å². The molecule has 1 aromatic rings. The lowest BCUT2D eigenvalue weighted by molar-refractivity contribution is -0.519. The normalized spacial score (nSPS) is 13.5. The van der Waals surface area contributed by atoms with Crippen molar-refractivity contribution < 1.29 is 9.85 Å². The topological polar surface area (TPSA) is 116 Å². The van der Waals surface area contributed by atoms with Gasteiger partial charge in [0.1, 0.15) is 0 Å². The van der Waals surface area contributed by atoms with Gasteiger partial charge in [0.05, 0.1) is 13.1 Å². The zero-order valence-electron chi connectivity index (χ0n) is 11.4. The van der Waals surface area contributed by atoms with Crippen LogP contribution >= 0.6 is 0 Å². The number of anilines is 2. The van der Waals surface area contributed by atoms with Crippen molar-refractivity contribution in [2.75, 3.05) is 23.7 Å². The number of rotatable bonds is 7. The van der Waals surface area contributed by atoms with Crippen LogP contribution in [0.15, 0.2) is 24.3 Å². The van der Waals surface area contributed by atoms with Crippen LogP contribution in [0.4, 0.5) is 11.4 Å². The van der Waals surface area contributed by atoms with Crippen molar-refractivity contribution >= 4 is 11.4 Å². The summed E-state index contributed by atoms with van der Waals surface area (Å²) >= 11 is 0. The van der Waals surface area contributed by atoms with Crippen LogP contribution in [0.5, 0.6) is 0 Å². The first kappa shape index (κ1) is 15.7. The number of hydrogen-bond acceptors (Lipinski definition) is 6. The average molecular weight is 282 g/mol. The van der Waals surface area contributed by atoms with Gasteiger partial charge in [0.25, 0.3) is 0 Å². The second-order valence-electron chi connectivity index (χ2n) is 4.77. The van der Waals surface area contributed by atoms with E-state index >= 15 is 0 Å². The molecule has 0 amide bonds. The molecule has 8 nitrogen and oxygen atoms in total. The minimum Gasteiger partial charge on any atom is -0.399 e. The van der Waals surface area contributed by atoms with E-state index in [4.69, 9.17) is 5.73 Å². The van der Waals surface area contributed by atoms with Gasteiger partial charge in [-0.15, -0.1) is 0 Å². The lowest BCUT2D eigenvalue weighted by Gasteiger charge is -2.25. The van der Waals surface area contributed by atoms with Gasteiger partial charge in [-0.05, 0) is 18.2 Å². The van der Waals surface area contributed by atoms with Gasteiger partial charge in [-0.25, -0.2) is 0 Å². The van der Waals surface area contributed by atoms with Gasteiger partial charge in [0, 0.05) is 35.1 Å². The van der Waals surface area contributed by atoms with Gasteiger partial charge in [-0.2, -0.15) is 0 Å². The van der Waals surface area contributed by atoms with Crippen molar-refractivity contribution in [2.45, 2.75) is 25.9 Å². The summed E-state index contributed by atoms with van der Waals surface area (Å²) in [5, 5.41) is 21.5. The maximum atomic E-state index is 10.8. The minimum absolute atomic E-state index is 0.0919. The van der Waals surface area contributed by atoms with Crippen molar-refractivity contribution in [3.05, 3.63) is 44.5 Å². The van der Waals surface area contributed by atoms with Crippen molar-refractivity contribution in [3.63, 3.8) is 0 Å². The van der Waals surface area contributed by atoms with E-state index in [1.807, 2.05) is 0 Å². The summed E-state index contributed by atoms with van der Waals surface area (Å²) in [6.45, 7) is 3.12. The lowest BCUT2D eigenvalue weighted by atomic mass is 10.2. The summed E-state index contributed by atoms with van der Waals surface area (Å²) in [4.78, 5) is 22.4. The molecule has 0 aliphatic heterocycles. The number of hydrogen-bond donors (Lipinski definition) is 1. The summed E-state index contributed by atoms with van der Waals surface area (Å²) in [6.07, 6.45) is 0. The van der Waals surface area contributed by atoms with Gasteiger partial charge >= 0.3 is 0 Å². The predicted octanol–water partition coefficient (Wildman–Crippen LogP) is 1.41. The SMILES string of the molecule is CC(CN(CC(C)[N+](=O)[O-])c1cccc(N)c1)[N+](=O)[O-]. The molecule has 0 saturated carbocycles. The molecule has 0 aliphatic rings. The second kappa shape index (κ2) is 6.69. The van der Waals surface area contributed by atoms with Crippen LogP contribution < -0.4 is 10.6 Å². The number of nitrogen functional groups attached to an aromatic ring is 1. The Kier molecular flexibility index (Phi) is 5.24. The Morgan fingerprint density at radius 1 is 1.15 bits per heavy atom. The molecule has 1 rings (SSSR count). The molecular weight excluding hydrogens is 264 g/mol. The van der Waals surface area contributed by atoms with Gasteiger partial charge in [-0.3, -0.25) is 20.2 Å². The second-order valence-corrected chi connectivity index (χ2v) is 4.77. The monoisotopic (exact) mass is 282 g/mol. The summed E-state index contributed by atoms with van der Waals surface area (Å²) < 4.78 is 0. The molecule has 0 saturated heterocycles. The molecule has 2 N–H and O–H groups in total. The first-order valence-electron chi connectivity index (χ1n) is 6.18. The third kappa shape index (κ3) is 4.38. The van der Waals surface area contributed by atoms with Crippen LogP contribution in [-0.2, 0) is 0 Å². The highest BCUT2D eigenvalue weighted by molar-refractivity contribution is 5.56. The Morgan fingerprint density at radius 2 is 1.65 bits per heavy atom. The van der Waals surface area contributed by atoms with Crippen LogP contribution in [0.25, 0.3) is 0 Å². The number of nitrogens with two attached hydrogens (primary N) is 1. The molecule has 0 bridgehead atoms. The smallest absolute Gasteiger partial charge is 0.227 e. The molecule has 110 valence electrons. The quantitative estimate of drug-likeness (QED) is 0.459. The third-order valence-electron chi connectivity index (χ3n) is 2.92. The minimum atomic E-state index is -0.824. The van der Waals surface area contributed by atoms with Crippen molar-refractivity contribution in [2.24, 2.45) is 0 Å². The molecule has 0 spiro atoms. The molecular formula is C12H18N4O4. The predicted molar refractivity (Wildman–Crippen MR) is 76.0 cm³/mol. The van der Waals surface area contributed by atoms with Crippen LogP contribution in [0, 0.1) is 20.2 Å². The average Bonchev–Trinajstić information content (AvgIpc) is 2.37. The lowest BCUT2D eigenvalue weighted by Crippen LogP contribution is -2.41. The van der Waals surface area contributed by atoms with Crippen molar-refractivity contribution in [1.29, 1.82) is 0 Å². The molecule has 0 aliphatic carbocycles. The van der Waals surface area contributed by atoms with Crippen LogP contribution in [0.2, 0.25) is 0 Å². The van der Waals surface area contributed by atoms with Crippen molar-refractivity contribution in [3.8, 4) is 0 Å². The fourth-order valence-corrected chi connectivity index (χ4v) is 1.78. The molecule has 8 heteroatoms. The molecule has 0 radical (unpaired) electrons. The van der Waals surface area contributed by atoms with Gasteiger partial charge in [0.15, 0.2) is 0 Å². The largest absolute Gasteiger partial charge is 0.399 e. The van der Waals surface area contributed by atoms with E-state index < -0.39 is 21.9 Å². The summed E-state index contributed by atoms with van der Waals surface area (Å²) in [5.41, 5.74) is 6.84. The molecule has 2 atom stereocenters. The van der Waals surface area contributed by atoms with E-state index in [1.165, 1.54) is 13.8 Å². The summed E-state index contributed by atoms with van der Waals surface area (Å²) in [6, 6.07) is 5.14. The van der Waals surface area contributed by atoms with Crippen LogP contribution in [-0.4, -0.2) is 35.0 Å². The molecule has 1 aromatic carbocycles. The van der Waals surface area contributed by atoms with Gasteiger partial charge in [-0.1, -0.05) is 6.07 Å². The highest BCUT2D eigenvalue weighted by Crippen LogP contribution is 2.19. The number of nitro groups is 2. The highest BCUT2D eigenvalue weighted by Gasteiger charge is 2.24. The molecule has 0 heterocycles. The van der Waals surface area contributed by atoms with E-state index in [-0.39, 0.29) is 13.1 Å².